The van der Waals surface area contributed by atoms with Crippen molar-refractivity contribution in [1.29, 1.82) is 0 Å². The first kappa shape index (κ1) is 27.0. The molecule has 0 radical (unpaired) electrons. The number of fused-ring (bicyclic) bond motifs is 1. The van der Waals surface area contributed by atoms with Crippen LogP contribution in [0.15, 0.2) is 56.7 Å². The average molecular weight is 532 g/mol. The molecule has 0 spiro atoms. The zero-order valence-corrected chi connectivity index (χ0v) is 21.0. The molecule has 0 aliphatic carbocycles. The number of aromatic nitrogens is 3. The molecular formula is C27H28F3N3O5. The normalized spacial score (nSPS) is 11.8. The summed E-state index contributed by atoms with van der Waals surface area (Å²) in [6.45, 7) is 4.03. The fourth-order valence-electron chi connectivity index (χ4n) is 4.49. The maximum absolute atomic E-state index is 13.8. The molecule has 11 heteroatoms. The van der Waals surface area contributed by atoms with E-state index in [4.69, 9.17) is 9.15 Å². The van der Waals surface area contributed by atoms with Gasteiger partial charge in [0.1, 0.15) is 17.2 Å². The van der Waals surface area contributed by atoms with E-state index in [9.17, 15) is 27.9 Å². The van der Waals surface area contributed by atoms with Crippen LogP contribution in [-0.2, 0) is 25.6 Å². The lowest BCUT2D eigenvalue weighted by Gasteiger charge is -2.19. The Labute approximate surface area is 215 Å². The first-order chi connectivity index (χ1) is 18.2. The van der Waals surface area contributed by atoms with Crippen LogP contribution in [0.3, 0.4) is 0 Å². The lowest BCUT2D eigenvalue weighted by molar-refractivity contribution is -0.136. The van der Waals surface area contributed by atoms with Gasteiger partial charge in [0, 0.05) is 29.8 Å². The largest absolute Gasteiger partial charge is 0.493 e. The number of hydrogen-bond acceptors (Lipinski definition) is 6. The van der Waals surface area contributed by atoms with E-state index in [2.05, 4.69) is 4.98 Å². The van der Waals surface area contributed by atoms with Crippen LogP contribution in [-0.4, -0.2) is 25.8 Å². The van der Waals surface area contributed by atoms with Gasteiger partial charge >= 0.3 is 17.5 Å². The van der Waals surface area contributed by atoms with Crippen molar-refractivity contribution in [2.45, 2.75) is 58.7 Å². The summed E-state index contributed by atoms with van der Waals surface area (Å²) in [7, 11) is 0. The number of nitrogens with zero attached hydrogens (tertiary/aromatic N) is 3. The smallest absolute Gasteiger partial charge is 0.417 e. The Morgan fingerprint density at radius 2 is 1.87 bits per heavy atom. The van der Waals surface area contributed by atoms with E-state index in [1.165, 1.54) is 27.6 Å². The summed E-state index contributed by atoms with van der Waals surface area (Å²) in [4.78, 5) is 28.9. The maximum atomic E-state index is 13.8. The predicted octanol–water partition coefficient (Wildman–Crippen LogP) is 5.24. The minimum absolute atomic E-state index is 0.114. The van der Waals surface area contributed by atoms with Crippen molar-refractivity contribution in [1.82, 2.24) is 14.1 Å². The second-order valence-electron chi connectivity index (χ2n) is 8.88. The van der Waals surface area contributed by atoms with Crippen LogP contribution in [0.1, 0.15) is 49.8 Å². The van der Waals surface area contributed by atoms with Gasteiger partial charge in [0.2, 0.25) is 5.88 Å². The molecular weight excluding hydrogens is 503 g/mol. The lowest BCUT2D eigenvalue weighted by atomic mass is 9.96. The maximum Gasteiger partial charge on any atom is 0.417 e. The molecule has 3 heterocycles. The lowest BCUT2D eigenvalue weighted by Crippen LogP contribution is -2.24. The predicted molar refractivity (Wildman–Crippen MR) is 135 cm³/mol. The van der Waals surface area contributed by atoms with Crippen molar-refractivity contribution in [3.63, 3.8) is 0 Å². The first-order valence-corrected chi connectivity index (χ1v) is 12.4. The van der Waals surface area contributed by atoms with Crippen LogP contribution in [0.4, 0.5) is 13.2 Å². The fraction of sp³-hybridized carbons (Fsp3) is 0.370. The van der Waals surface area contributed by atoms with E-state index in [0.717, 1.165) is 0 Å². The highest BCUT2D eigenvalue weighted by atomic mass is 19.4. The quantitative estimate of drug-likeness (QED) is 0.222. The number of aromatic hydroxyl groups is 1. The number of benzene rings is 1. The Morgan fingerprint density at radius 3 is 2.53 bits per heavy atom. The summed E-state index contributed by atoms with van der Waals surface area (Å²) in [5, 5.41) is 10.1. The summed E-state index contributed by atoms with van der Waals surface area (Å²) in [5.74, 6) is 0.532. The van der Waals surface area contributed by atoms with Gasteiger partial charge in [0.05, 0.1) is 18.4 Å². The molecule has 0 bridgehead atoms. The molecule has 1 N–H and O–H groups in total. The molecule has 1 aromatic carbocycles. The van der Waals surface area contributed by atoms with Crippen LogP contribution < -0.4 is 16.1 Å². The molecule has 3 aromatic heterocycles. The van der Waals surface area contributed by atoms with Gasteiger partial charge in [-0.25, -0.2) is 19.1 Å². The van der Waals surface area contributed by atoms with Crippen LogP contribution in [0.5, 0.6) is 11.6 Å². The molecule has 0 fully saturated rings. The minimum Gasteiger partial charge on any atom is -0.493 e. The Hall–Kier alpha value is -4.02. The third kappa shape index (κ3) is 5.46. The van der Waals surface area contributed by atoms with E-state index in [1.807, 2.05) is 13.8 Å². The summed E-state index contributed by atoms with van der Waals surface area (Å²) < 4.78 is 55.0. The third-order valence-electron chi connectivity index (χ3n) is 6.11. The standard InChI is InChI=1S/C27H28F3N3O5/c1-3-8-17-14-19-20(27(28,29)30)15-23(35)38-25(19)18(9-4-2)24(17)37-13-7-12-32-22(34)16-33(26(32)36)21-10-5-6-11-31-21/h5-6,10-11,14-16,34H,3-4,7-9,12-13H2,1-2H3. The van der Waals surface area contributed by atoms with Gasteiger partial charge < -0.3 is 14.3 Å². The third-order valence-corrected chi connectivity index (χ3v) is 6.11. The molecule has 0 amide bonds. The highest BCUT2D eigenvalue weighted by molar-refractivity contribution is 5.87. The highest BCUT2D eigenvalue weighted by Gasteiger charge is 2.35. The molecule has 0 saturated carbocycles. The van der Waals surface area contributed by atoms with Crippen molar-refractivity contribution in [2.75, 3.05) is 6.61 Å². The van der Waals surface area contributed by atoms with E-state index in [-0.39, 0.29) is 30.0 Å². The highest BCUT2D eigenvalue weighted by Crippen LogP contribution is 2.40. The van der Waals surface area contributed by atoms with Crippen LogP contribution in [0.25, 0.3) is 16.8 Å². The molecule has 0 unspecified atom stereocenters. The summed E-state index contributed by atoms with van der Waals surface area (Å²) in [5.41, 5.74) is -1.70. The minimum atomic E-state index is -4.72. The number of aryl methyl sites for hydroxylation is 2. The molecule has 4 rings (SSSR count). The topological polar surface area (TPSA) is 99.5 Å². The number of alkyl halides is 3. The van der Waals surface area contributed by atoms with Gasteiger partial charge in [-0.2, -0.15) is 13.2 Å². The SMILES string of the molecule is CCCc1cc2c(C(F)(F)F)cc(=O)oc2c(CCC)c1OCCCn1c(O)cn(-c2ccccn2)c1=O. The van der Waals surface area contributed by atoms with Gasteiger partial charge in [0.25, 0.3) is 0 Å². The van der Waals surface area contributed by atoms with Gasteiger partial charge in [-0.05, 0) is 43.0 Å². The number of halogens is 3. The van der Waals surface area contributed by atoms with E-state index >= 15 is 0 Å². The van der Waals surface area contributed by atoms with Gasteiger partial charge in [0.15, 0.2) is 0 Å². The summed E-state index contributed by atoms with van der Waals surface area (Å²) >= 11 is 0. The number of rotatable bonds is 10. The summed E-state index contributed by atoms with van der Waals surface area (Å²) in [6.07, 6.45) is 0.488. The molecule has 38 heavy (non-hydrogen) atoms. The fourth-order valence-corrected chi connectivity index (χ4v) is 4.49. The first-order valence-electron chi connectivity index (χ1n) is 12.4. The van der Waals surface area contributed by atoms with Crippen LogP contribution >= 0.6 is 0 Å². The zero-order chi connectivity index (χ0) is 27.4. The number of hydrogen-bond donors (Lipinski definition) is 1. The van der Waals surface area contributed by atoms with Crippen molar-refractivity contribution in [3.05, 3.63) is 80.3 Å². The monoisotopic (exact) mass is 531 g/mol. The Kier molecular flexibility index (Phi) is 7.94. The van der Waals surface area contributed by atoms with E-state index in [1.54, 1.807) is 18.2 Å². The van der Waals surface area contributed by atoms with Gasteiger partial charge in [-0.3, -0.25) is 4.57 Å². The Bertz CT molecular complexity index is 1540. The average Bonchev–Trinajstić information content (AvgIpc) is 3.16. The van der Waals surface area contributed by atoms with Crippen molar-refractivity contribution in [3.8, 4) is 17.4 Å². The van der Waals surface area contributed by atoms with E-state index in [0.29, 0.717) is 60.9 Å². The zero-order valence-electron chi connectivity index (χ0n) is 21.0. The molecule has 4 aromatic rings. The van der Waals surface area contributed by atoms with Crippen molar-refractivity contribution >= 4 is 11.0 Å². The van der Waals surface area contributed by atoms with Gasteiger partial charge in [-0.1, -0.05) is 32.8 Å². The van der Waals surface area contributed by atoms with Crippen LogP contribution in [0.2, 0.25) is 0 Å². The van der Waals surface area contributed by atoms with Crippen LogP contribution in [0, 0.1) is 0 Å². The molecule has 8 nitrogen and oxygen atoms in total. The Balaban J connectivity index is 1.64. The van der Waals surface area contributed by atoms with E-state index < -0.39 is 23.1 Å². The molecule has 0 atom stereocenters. The molecule has 0 aliphatic heterocycles. The second kappa shape index (κ2) is 11.2. The molecule has 0 saturated heterocycles. The van der Waals surface area contributed by atoms with Crippen molar-refractivity contribution < 1.29 is 27.4 Å². The van der Waals surface area contributed by atoms with Gasteiger partial charge in [-0.15, -0.1) is 0 Å². The number of imidazole rings is 1. The summed E-state index contributed by atoms with van der Waals surface area (Å²) in [6, 6.07) is 6.95. The number of ether oxygens (including phenoxy) is 1. The second-order valence-corrected chi connectivity index (χ2v) is 8.88. The number of pyridine rings is 1. The Morgan fingerprint density at radius 1 is 1.11 bits per heavy atom. The molecule has 0 aliphatic rings. The van der Waals surface area contributed by atoms with Crippen molar-refractivity contribution in [2.24, 2.45) is 0 Å². The molecule has 202 valence electrons.